The highest BCUT2D eigenvalue weighted by molar-refractivity contribution is 7.89. The average Bonchev–Trinajstić information content (AvgIpc) is 2.48. The molecule has 1 aliphatic heterocycles. The van der Waals surface area contributed by atoms with E-state index in [9.17, 15) is 8.42 Å². The zero-order valence-corrected chi connectivity index (χ0v) is 14.0. The molecule has 0 bridgehead atoms. The fraction of sp³-hybridized carbons (Fsp3) is 0.625. The highest BCUT2D eigenvalue weighted by atomic mass is 32.2. The summed E-state index contributed by atoms with van der Waals surface area (Å²) in [7, 11) is -1.71. The van der Waals surface area contributed by atoms with Gasteiger partial charge in [0.05, 0.1) is 4.90 Å². The van der Waals surface area contributed by atoms with Gasteiger partial charge in [-0.2, -0.15) is 0 Å². The molecular weight excluding hydrogens is 284 g/mol. The molecule has 0 amide bonds. The summed E-state index contributed by atoms with van der Waals surface area (Å²) >= 11 is 0. The number of sulfonamides is 1. The Balaban J connectivity index is 2.05. The molecule has 1 aromatic carbocycles. The Kier molecular flexibility index (Phi) is 5.41. The molecule has 0 aliphatic carbocycles. The summed E-state index contributed by atoms with van der Waals surface area (Å²) in [5.41, 5.74) is 1.78. The zero-order chi connectivity index (χ0) is 15.5. The van der Waals surface area contributed by atoms with Gasteiger partial charge in [0.25, 0.3) is 0 Å². The molecule has 5 heteroatoms. The van der Waals surface area contributed by atoms with Gasteiger partial charge in [0.2, 0.25) is 10.0 Å². The Morgan fingerprint density at radius 1 is 1.29 bits per heavy atom. The fourth-order valence-electron chi connectivity index (χ4n) is 2.78. The van der Waals surface area contributed by atoms with Gasteiger partial charge in [-0.25, -0.2) is 12.7 Å². The number of nitrogens with zero attached hydrogens (tertiary/aromatic N) is 1. The van der Waals surface area contributed by atoms with Crippen LogP contribution in [0.1, 0.15) is 36.8 Å². The molecule has 1 heterocycles. The Morgan fingerprint density at radius 2 is 2.05 bits per heavy atom. The molecule has 0 saturated carbocycles. The highest BCUT2D eigenvalue weighted by Gasteiger charge is 2.24. The first kappa shape index (κ1) is 16.5. The maximum Gasteiger partial charge on any atom is 0.243 e. The second-order valence-electron chi connectivity index (χ2n) is 6.03. The summed E-state index contributed by atoms with van der Waals surface area (Å²) in [6.45, 7) is 5.39. The summed E-state index contributed by atoms with van der Waals surface area (Å²) in [6, 6.07) is 6.04. The Labute approximate surface area is 128 Å². The smallest absolute Gasteiger partial charge is 0.243 e. The van der Waals surface area contributed by atoms with E-state index in [0.29, 0.717) is 17.5 Å². The number of hydrogen-bond acceptors (Lipinski definition) is 3. The first-order valence-electron chi connectivity index (χ1n) is 7.68. The third-order valence-electron chi connectivity index (χ3n) is 4.24. The van der Waals surface area contributed by atoms with Gasteiger partial charge in [-0.1, -0.05) is 18.6 Å². The molecule has 2 rings (SSSR count). The molecule has 0 spiro atoms. The first-order valence-corrected chi connectivity index (χ1v) is 9.12. The molecule has 0 aromatic heterocycles. The average molecular weight is 310 g/mol. The molecule has 1 saturated heterocycles. The number of hydrogen-bond donors (Lipinski definition) is 1. The quantitative estimate of drug-likeness (QED) is 0.909. The van der Waals surface area contributed by atoms with E-state index in [-0.39, 0.29) is 0 Å². The van der Waals surface area contributed by atoms with E-state index in [4.69, 9.17) is 0 Å². The monoisotopic (exact) mass is 310 g/mol. The van der Waals surface area contributed by atoms with Crippen LogP contribution in [-0.4, -0.2) is 38.9 Å². The second kappa shape index (κ2) is 6.90. The summed E-state index contributed by atoms with van der Waals surface area (Å²) in [6.07, 6.45) is 4.50. The molecule has 1 aliphatic rings. The van der Waals surface area contributed by atoms with E-state index in [1.165, 1.54) is 17.1 Å². The van der Waals surface area contributed by atoms with E-state index in [0.717, 1.165) is 30.5 Å². The van der Waals surface area contributed by atoms with Gasteiger partial charge >= 0.3 is 0 Å². The van der Waals surface area contributed by atoms with E-state index >= 15 is 0 Å². The van der Waals surface area contributed by atoms with Gasteiger partial charge in [-0.15, -0.1) is 0 Å². The van der Waals surface area contributed by atoms with Crippen molar-refractivity contribution in [2.75, 3.05) is 20.1 Å². The van der Waals surface area contributed by atoms with Crippen LogP contribution in [0.2, 0.25) is 0 Å². The van der Waals surface area contributed by atoms with Crippen molar-refractivity contribution in [1.29, 1.82) is 0 Å². The SMILES string of the molecule is Cc1ccc(C)c(S(=O)(=O)N(C)CCC2CCCCN2)c1. The largest absolute Gasteiger partial charge is 0.314 e. The van der Waals surface area contributed by atoms with Crippen LogP contribution in [0.4, 0.5) is 0 Å². The lowest BCUT2D eigenvalue weighted by Gasteiger charge is -2.26. The summed E-state index contributed by atoms with van der Waals surface area (Å²) < 4.78 is 26.9. The van der Waals surface area contributed by atoms with Crippen molar-refractivity contribution in [2.45, 2.75) is 50.5 Å². The minimum absolute atomic E-state index is 0.432. The standard InChI is InChI=1S/C16H26N2O2S/c1-13-7-8-14(2)16(12-13)21(19,20)18(3)11-9-15-6-4-5-10-17-15/h7-8,12,15,17H,4-6,9-11H2,1-3H3. The Bertz CT molecular complexity index is 578. The molecule has 118 valence electrons. The van der Waals surface area contributed by atoms with E-state index in [1.54, 1.807) is 13.1 Å². The molecular formula is C16H26N2O2S. The molecule has 1 N–H and O–H groups in total. The van der Waals surface area contributed by atoms with Crippen LogP contribution >= 0.6 is 0 Å². The van der Waals surface area contributed by atoms with Gasteiger partial charge in [0.15, 0.2) is 0 Å². The maximum atomic E-state index is 12.7. The lowest BCUT2D eigenvalue weighted by atomic mass is 10.0. The predicted molar refractivity (Wildman–Crippen MR) is 86.0 cm³/mol. The number of aryl methyl sites for hydroxylation is 2. The van der Waals surface area contributed by atoms with Crippen molar-refractivity contribution in [3.63, 3.8) is 0 Å². The molecule has 1 unspecified atom stereocenters. The normalized spacial score (nSPS) is 19.9. The second-order valence-corrected chi connectivity index (χ2v) is 8.04. The Hall–Kier alpha value is -0.910. The molecule has 21 heavy (non-hydrogen) atoms. The lowest BCUT2D eigenvalue weighted by Crippen LogP contribution is -2.38. The van der Waals surface area contributed by atoms with Gasteiger partial charge in [-0.05, 0) is 56.8 Å². The van der Waals surface area contributed by atoms with Crippen LogP contribution in [0.5, 0.6) is 0 Å². The van der Waals surface area contributed by atoms with Crippen molar-refractivity contribution < 1.29 is 8.42 Å². The van der Waals surface area contributed by atoms with E-state index < -0.39 is 10.0 Å². The molecule has 1 aromatic rings. The lowest BCUT2D eigenvalue weighted by molar-refractivity contribution is 0.351. The Morgan fingerprint density at radius 3 is 2.71 bits per heavy atom. The van der Waals surface area contributed by atoms with Crippen molar-refractivity contribution >= 4 is 10.0 Å². The zero-order valence-electron chi connectivity index (χ0n) is 13.2. The molecule has 1 fully saturated rings. The number of benzene rings is 1. The van der Waals surface area contributed by atoms with Crippen molar-refractivity contribution in [1.82, 2.24) is 9.62 Å². The molecule has 4 nitrogen and oxygen atoms in total. The van der Waals surface area contributed by atoms with E-state index in [1.807, 2.05) is 26.0 Å². The van der Waals surface area contributed by atoms with Crippen molar-refractivity contribution in [3.8, 4) is 0 Å². The minimum atomic E-state index is -3.39. The third kappa shape index (κ3) is 4.05. The summed E-state index contributed by atoms with van der Waals surface area (Å²) in [4.78, 5) is 0.432. The highest BCUT2D eigenvalue weighted by Crippen LogP contribution is 2.21. The maximum absolute atomic E-state index is 12.7. The fourth-order valence-corrected chi connectivity index (χ4v) is 4.27. The van der Waals surface area contributed by atoms with Gasteiger partial charge in [0, 0.05) is 19.6 Å². The van der Waals surface area contributed by atoms with Crippen LogP contribution in [0.3, 0.4) is 0 Å². The van der Waals surface area contributed by atoms with Crippen LogP contribution in [0, 0.1) is 13.8 Å². The molecule has 1 atom stereocenters. The number of rotatable bonds is 5. The summed E-state index contributed by atoms with van der Waals surface area (Å²) in [5, 5.41) is 3.46. The number of piperidine rings is 1. The van der Waals surface area contributed by atoms with Crippen molar-refractivity contribution in [2.24, 2.45) is 0 Å². The van der Waals surface area contributed by atoms with Crippen LogP contribution < -0.4 is 5.32 Å². The number of nitrogens with one attached hydrogen (secondary N) is 1. The first-order chi connectivity index (χ1) is 9.91. The third-order valence-corrected chi connectivity index (χ3v) is 6.24. The van der Waals surface area contributed by atoms with Crippen LogP contribution in [0.15, 0.2) is 23.1 Å². The van der Waals surface area contributed by atoms with Gasteiger partial charge < -0.3 is 5.32 Å². The van der Waals surface area contributed by atoms with Gasteiger partial charge in [-0.3, -0.25) is 0 Å². The topological polar surface area (TPSA) is 49.4 Å². The van der Waals surface area contributed by atoms with E-state index in [2.05, 4.69) is 5.32 Å². The van der Waals surface area contributed by atoms with Crippen molar-refractivity contribution in [3.05, 3.63) is 29.3 Å². The summed E-state index contributed by atoms with van der Waals surface area (Å²) in [5.74, 6) is 0. The minimum Gasteiger partial charge on any atom is -0.314 e. The van der Waals surface area contributed by atoms with Crippen LogP contribution in [0.25, 0.3) is 0 Å². The molecule has 0 radical (unpaired) electrons. The van der Waals surface area contributed by atoms with Gasteiger partial charge in [0.1, 0.15) is 0 Å². The van der Waals surface area contributed by atoms with Crippen LogP contribution in [-0.2, 0) is 10.0 Å². The predicted octanol–water partition coefficient (Wildman–Crippen LogP) is 2.46.